The van der Waals surface area contributed by atoms with E-state index in [0.29, 0.717) is 23.6 Å². The van der Waals surface area contributed by atoms with E-state index in [2.05, 4.69) is 19.2 Å². The summed E-state index contributed by atoms with van der Waals surface area (Å²) in [5.41, 5.74) is 0.735. The minimum atomic E-state index is -0.800. The molecule has 2 rings (SSSR count). The predicted octanol–water partition coefficient (Wildman–Crippen LogP) is 2.22. The maximum Gasteiger partial charge on any atom is 0.262 e. The maximum absolute atomic E-state index is 12.3. The Balaban J connectivity index is 1.99. The highest BCUT2D eigenvalue weighted by molar-refractivity contribution is 6.22. The van der Waals surface area contributed by atoms with Crippen LogP contribution in [0.4, 0.5) is 0 Å². The van der Waals surface area contributed by atoms with Crippen molar-refractivity contribution in [3.05, 3.63) is 35.4 Å². The average Bonchev–Trinajstić information content (AvgIpc) is 2.75. The molecule has 3 amide bonds. The van der Waals surface area contributed by atoms with Crippen LogP contribution in [0.2, 0.25) is 0 Å². The molecule has 22 heavy (non-hydrogen) atoms. The molecular formula is C17H22N2O3. The van der Waals surface area contributed by atoms with Gasteiger partial charge in [-0.15, -0.1) is 0 Å². The fraction of sp³-hybridized carbons (Fsp3) is 0.471. The molecule has 1 aliphatic rings. The standard InChI is InChI=1S/C17H22N2O3/c1-11(2)7-6-10-18-15(20)12(3)19-16(21)13-8-4-5-9-14(13)17(19)22/h4-5,8-9,11-12H,6-7,10H2,1-3H3,(H,18,20). The minimum Gasteiger partial charge on any atom is -0.354 e. The zero-order chi connectivity index (χ0) is 16.3. The molecule has 0 aromatic heterocycles. The highest BCUT2D eigenvalue weighted by atomic mass is 16.2. The molecule has 5 nitrogen and oxygen atoms in total. The Morgan fingerprint density at radius 3 is 2.14 bits per heavy atom. The Bertz CT molecular complexity index is 560. The lowest BCUT2D eigenvalue weighted by atomic mass is 10.1. The molecule has 1 unspecified atom stereocenters. The third kappa shape index (κ3) is 3.18. The number of carbonyl (C=O) groups excluding carboxylic acids is 3. The van der Waals surface area contributed by atoms with Gasteiger partial charge in [-0.05, 0) is 37.8 Å². The smallest absolute Gasteiger partial charge is 0.262 e. The quantitative estimate of drug-likeness (QED) is 0.647. The van der Waals surface area contributed by atoms with Gasteiger partial charge in [0, 0.05) is 6.54 Å². The second-order valence-corrected chi connectivity index (χ2v) is 6.03. The zero-order valence-corrected chi connectivity index (χ0v) is 13.3. The number of nitrogens with zero attached hydrogens (tertiary/aromatic N) is 1. The third-order valence-corrected chi connectivity index (χ3v) is 3.85. The van der Waals surface area contributed by atoms with E-state index < -0.39 is 17.9 Å². The molecule has 0 saturated carbocycles. The zero-order valence-electron chi connectivity index (χ0n) is 13.3. The Labute approximate surface area is 130 Å². The highest BCUT2D eigenvalue weighted by Gasteiger charge is 2.40. The normalized spacial score (nSPS) is 15.2. The molecule has 1 aromatic carbocycles. The number of hydrogen-bond acceptors (Lipinski definition) is 3. The van der Waals surface area contributed by atoms with Crippen molar-refractivity contribution in [2.75, 3.05) is 6.54 Å². The molecule has 1 aromatic rings. The van der Waals surface area contributed by atoms with E-state index in [1.807, 2.05) is 0 Å². The number of fused-ring (bicyclic) bond motifs is 1. The van der Waals surface area contributed by atoms with E-state index in [0.717, 1.165) is 17.7 Å². The van der Waals surface area contributed by atoms with Gasteiger partial charge in [0.1, 0.15) is 6.04 Å². The van der Waals surface area contributed by atoms with E-state index in [4.69, 9.17) is 0 Å². The maximum atomic E-state index is 12.3. The van der Waals surface area contributed by atoms with Gasteiger partial charge in [-0.2, -0.15) is 0 Å². The number of imide groups is 1. The SMILES string of the molecule is CC(C)CCCNC(=O)C(C)N1C(=O)c2ccccc2C1=O. The van der Waals surface area contributed by atoms with Crippen LogP contribution in [0.15, 0.2) is 24.3 Å². The summed E-state index contributed by atoms with van der Waals surface area (Å²) in [5.74, 6) is -0.500. The molecule has 1 N–H and O–H groups in total. The first-order valence-corrected chi connectivity index (χ1v) is 7.68. The van der Waals surface area contributed by atoms with Gasteiger partial charge in [-0.1, -0.05) is 26.0 Å². The molecule has 118 valence electrons. The van der Waals surface area contributed by atoms with Crippen molar-refractivity contribution in [1.29, 1.82) is 0 Å². The van der Waals surface area contributed by atoms with E-state index >= 15 is 0 Å². The van der Waals surface area contributed by atoms with Gasteiger partial charge in [0.05, 0.1) is 11.1 Å². The van der Waals surface area contributed by atoms with Crippen LogP contribution in [-0.4, -0.2) is 35.2 Å². The van der Waals surface area contributed by atoms with Crippen LogP contribution in [-0.2, 0) is 4.79 Å². The van der Waals surface area contributed by atoms with Crippen LogP contribution < -0.4 is 5.32 Å². The van der Waals surface area contributed by atoms with Crippen LogP contribution >= 0.6 is 0 Å². The highest BCUT2D eigenvalue weighted by Crippen LogP contribution is 2.24. The average molecular weight is 302 g/mol. The van der Waals surface area contributed by atoms with Crippen LogP contribution in [0.5, 0.6) is 0 Å². The van der Waals surface area contributed by atoms with E-state index in [1.54, 1.807) is 31.2 Å². The van der Waals surface area contributed by atoms with Crippen molar-refractivity contribution in [3.8, 4) is 0 Å². The fourth-order valence-electron chi connectivity index (χ4n) is 2.55. The Morgan fingerprint density at radius 1 is 1.09 bits per heavy atom. The van der Waals surface area contributed by atoms with Crippen LogP contribution in [0.25, 0.3) is 0 Å². The molecule has 1 aliphatic heterocycles. The second kappa shape index (κ2) is 6.73. The van der Waals surface area contributed by atoms with Gasteiger partial charge in [0.25, 0.3) is 11.8 Å². The van der Waals surface area contributed by atoms with Gasteiger partial charge in [0.15, 0.2) is 0 Å². The second-order valence-electron chi connectivity index (χ2n) is 6.03. The molecule has 0 saturated heterocycles. The topological polar surface area (TPSA) is 66.5 Å². The van der Waals surface area contributed by atoms with Gasteiger partial charge in [-0.25, -0.2) is 0 Å². The van der Waals surface area contributed by atoms with Gasteiger partial charge >= 0.3 is 0 Å². The molecule has 1 heterocycles. The number of rotatable bonds is 6. The van der Waals surface area contributed by atoms with E-state index in [1.165, 1.54) is 0 Å². The molecule has 5 heteroatoms. The number of carbonyl (C=O) groups is 3. The lowest BCUT2D eigenvalue weighted by Gasteiger charge is -2.21. The summed E-state index contributed by atoms with van der Waals surface area (Å²) in [4.78, 5) is 37.8. The summed E-state index contributed by atoms with van der Waals surface area (Å²) in [7, 11) is 0. The monoisotopic (exact) mass is 302 g/mol. The fourth-order valence-corrected chi connectivity index (χ4v) is 2.55. The Kier molecular flexibility index (Phi) is 4.96. The minimum absolute atomic E-state index is 0.293. The lowest BCUT2D eigenvalue weighted by Crippen LogP contribution is -2.48. The molecule has 0 fully saturated rings. The molecular weight excluding hydrogens is 280 g/mol. The molecule has 1 atom stereocenters. The number of nitrogens with one attached hydrogen (secondary N) is 1. The number of hydrogen-bond donors (Lipinski definition) is 1. The Hall–Kier alpha value is -2.17. The molecule has 0 radical (unpaired) electrons. The molecule has 0 bridgehead atoms. The first kappa shape index (κ1) is 16.2. The summed E-state index contributed by atoms with van der Waals surface area (Å²) >= 11 is 0. The summed E-state index contributed by atoms with van der Waals surface area (Å²) in [5, 5.41) is 2.80. The van der Waals surface area contributed by atoms with Crippen LogP contribution in [0, 0.1) is 5.92 Å². The van der Waals surface area contributed by atoms with E-state index in [9.17, 15) is 14.4 Å². The number of benzene rings is 1. The van der Waals surface area contributed by atoms with Crippen molar-refractivity contribution in [2.24, 2.45) is 5.92 Å². The summed E-state index contributed by atoms with van der Waals surface area (Å²) in [6.07, 6.45) is 1.92. The van der Waals surface area contributed by atoms with Crippen molar-refractivity contribution in [3.63, 3.8) is 0 Å². The molecule has 0 aliphatic carbocycles. The van der Waals surface area contributed by atoms with Crippen molar-refractivity contribution in [2.45, 2.75) is 39.7 Å². The van der Waals surface area contributed by atoms with Gasteiger partial charge in [0.2, 0.25) is 5.91 Å². The number of amides is 3. The van der Waals surface area contributed by atoms with E-state index in [-0.39, 0.29) is 5.91 Å². The third-order valence-electron chi connectivity index (χ3n) is 3.85. The summed E-state index contributed by atoms with van der Waals surface area (Å²) in [6, 6.07) is 5.85. The van der Waals surface area contributed by atoms with Crippen LogP contribution in [0.1, 0.15) is 54.3 Å². The van der Waals surface area contributed by atoms with Gasteiger partial charge < -0.3 is 5.32 Å². The Morgan fingerprint density at radius 2 is 1.64 bits per heavy atom. The molecule has 0 spiro atoms. The largest absolute Gasteiger partial charge is 0.354 e. The van der Waals surface area contributed by atoms with Gasteiger partial charge in [-0.3, -0.25) is 19.3 Å². The predicted molar refractivity (Wildman–Crippen MR) is 83.5 cm³/mol. The lowest BCUT2D eigenvalue weighted by molar-refractivity contribution is -0.124. The van der Waals surface area contributed by atoms with Crippen molar-refractivity contribution < 1.29 is 14.4 Å². The van der Waals surface area contributed by atoms with Crippen LogP contribution in [0.3, 0.4) is 0 Å². The first-order valence-electron chi connectivity index (χ1n) is 7.68. The summed E-state index contributed by atoms with van der Waals surface area (Å²) in [6.45, 7) is 6.40. The first-order chi connectivity index (χ1) is 10.4. The summed E-state index contributed by atoms with van der Waals surface area (Å²) < 4.78 is 0. The van der Waals surface area contributed by atoms with Crippen molar-refractivity contribution >= 4 is 17.7 Å². The van der Waals surface area contributed by atoms with Crippen molar-refractivity contribution in [1.82, 2.24) is 10.2 Å².